The van der Waals surface area contributed by atoms with Gasteiger partial charge in [0.25, 0.3) is 15.9 Å². The van der Waals surface area contributed by atoms with E-state index < -0.39 is 10.0 Å². The van der Waals surface area contributed by atoms with Gasteiger partial charge in [0.2, 0.25) is 0 Å². The van der Waals surface area contributed by atoms with Crippen LogP contribution in [0.4, 0.5) is 11.4 Å². The van der Waals surface area contributed by atoms with Crippen LogP contribution < -0.4 is 14.8 Å². The van der Waals surface area contributed by atoms with Crippen LogP contribution in [0.3, 0.4) is 0 Å². The molecule has 7 heteroatoms. The molecule has 30 heavy (non-hydrogen) atoms. The van der Waals surface area contributed by atoms with Crippen molar-refractivity contribution in [1.82, 2.24) is 0 Å². The van der Waals surface area contributed by atoms with Crippen LogP contribution in [-0.4, -0.2) is 20.4 Å². The SMILES string of the molecule is Cc1c(NS(=O)(=O)c2ccccc2)cccc1C(=O)Nc1ccc(OC(C)C)cc1. The molecule has 0 unspecified atom stereocenters. The van der Waals surface area contributed by atoms with E-state index in [0.717, 1.165) is 5.75 Å². The van der Waals surface area contributed by atoms with Crippen molar-refractivity contribution >= 4 is 27.3 Å². The summed E-state index contributed by atoms with van der Waals surface area (Å²) in [5, 5.41) is 2.83. The fourth-order valence-electron chi connectivity index (χ4n) is 2.88. The molecule has 3 aromatic carbocycles. The van der Waals surface area contributed by atoms with Gasteiger partial charge < -0.3 is 10.1 Å². The molecule has 3 rings (SSSR count). The number of carbonyl (C=O) groups is 1. The largest absolute Gasteiger partial charge is 0.491 e. The van der Waals surface area contributed by atoms with Gasteiger partial charge in [0, 0.05) is 11.3 Å². The fourth-order valence-corrected chi connectivity index (χ4v) is 4.03. The number of nitrogens with one attached hydrogen (secondary N) is 2. The highest BCUT2D eigenvalue weighted by Crippen LogP contribution is 2.24. The third kappa shape index (κ3) is 5.18. The lowest BCUT2D eigenvalue weighted by Gasteiger charge is -2.14. The first-order valence-corrected chi connectivity index (χ1v) is 11.0. The number of benzene rings is 3. The Hall–Kier alpha value is -3.32. The smallest absolute Gasteiger partial charge is 0.261 e. The summed E-state index contributed by atoms with van der Waals surface area (Å²) in [4.78, 5) is 12.9. The van der Waals surface area contributed by atoms with Crippen LogP contribution in [-0.2, 0) is 10.0 Å². The molecule has 0 fully saturated rings. The molecule has 0 aromatic heterocycles. The van der Waals surface area contributed by atoms with E-state index in [1.165, 1.54) is 12.1 Å². The van der Waals surface area contributed by atoms with Crippen LogP contribution >= 0.6 is 0 Å². The molecule has 0 radical (unpaired) electrons. The second-order valence-corrected chi connectivity index (χ2v) is 8.72. The lowest BCUT2D eigenvalue weighted by molar-refractivity contribution is 0.102. The van der Waals surface area contributed by atoms with Crippen molar-refractivity contribution in [2.24, 2.45) is 0 Å². The Morgan fingerprint density at radius 2 is 1.57 bits per heavy atom. The molecule has 0 bridgehead atoms. The van der Waals surface area contributed by atoms with Gasteiger partial charge in [-0.25, -0.2) is 8.42 Å². The summed E-state index contributed by atoms with van der Waals surface area (Å²) < 4.78 is 33.4. The molecule has 0 aliphatic rings. The molecule has 0 saturated heterocycles. The minimum atomic E-state index is -3.75. The minimum Gasteiger partial charge on any atom is -0.491 e. The molecule has 0 atom stereocenters. The second-order valence-electron chi connectivity index (χ2n) is 7.04. The third-order valence-corrected chi connectivity index (χ3v) is 5.74. The van der Waals surface area contributed by atoms with Crippen LogP contribution in [0, 0.1) is 6.92 Å². The van der Waals surface area contributed by atoms with E-state index >= 15 is 0 Å². The first-order valence-electron chi connectivity index (χ1n) is 9.52. The maximum atomic E-state index is 12.8. The first-order chi connectivity index (χ1) is 14.3. The van der Waals surface area contributed by atoms with Gasteiger partial charge in [-0.3, -0.25) is 9.52 Å². The Morgan fingerprint density at radius 1 is 0.900 bits per heavy atom. The average Bonchev–Trinajstić information content (AvgIpc) is 2.71. The molecule has 0 spiro atoms. The van der Waals surface area contributed by atoms with E-state index in [-0.39, 0.29) is 16.9 Å². The van der Waals surface area contributed by atoms with E-state index in [9.17, 15) is 13.2 Å². The second kappa shape index (κ2) is 9.00. The number of rotatable bonds is 7. The summed E-state index contributed by atoms with van der Waals surface area (Å²) in [6.07, 6.45) is 0.0653. The van der Waals surface area contributed by atoms with Gasteiger partial charge in [-0.1, -0.05) is 24.3 Å². The molecule has 1 amide bonds. The van der Waals surface area contributed by atoms with Crippen molar-refractivity contribution in [3.05, 3.63) is 83.9 Å². The average molecular weight is 425 g/mol. The highest BCUT2D eigenvalue weighted by Gasteiger charge is 2.18. The van der Waals surface area contributed by atoms with E-state index in [0.29, 0.717) is 22.5 Å². The monoisotopic (exact) mass is 424 g/mol. The Labute approximate surface area is 177 Å². The van der Waals surface area contributed by atoms with Crippen LogP contribution in [0.15, 0.2) is 77.7 Å². The molecular formula is C23H24N2O4S. The highest BCUT2D eigenvalue weighted by atomic mass is 32.2. The molecule has 0 aliphatic carbocycles. The van der Waals surface area contributed by atoms with Crippen molar-refractivity contribution in [3.63, 3.8) is 0 Å². The normalized spacial score (nSPS) is 11.2. The number of hydrogen-bond acceptors (Lipinski definition) is 4. The van der Waals surface area contributed by atoms with Gasteiger partial charge in [0.15, 0.2) is 0 Å². The van der Waals surface area contributed by atoms with Gasteiger partial charge in [0.1, 0.15) is 5.75 Å². The summed E-state index contributed by atoms with van der Waals surface area (Å²) in [6, 6.07) is 20.1. The van der Waals surface area contributed by atoms with E-state index in [4.69, 9.17) is 4.74 Å². The molecule has 3 aromatic rings. The standard InChI is InChI=1S/C23H24N2O4S/c1-16(2)29-19-14-12-18(13-15-19)24-23(26)21-10-7-11-22(17(21)3)25-30(27,28)20-8-5-4-6-9-20/h4-16,25H,1-3H3,(H,24,26). The van der Waals surface area contributed by atoms with Crippen molar-refractivity contribution in [2.75, 3.05) is 10.0 Å². The maximum Gasteiger partial charge on any atom is 0.261 e. The lowest BCUT2D eigenvalue weighted by atomic mass is 10.1. The van der Waals surface area contributed by atoms with E-state index in [1.54, 1.807) is 67.6 Å². The molecule has 156 valence electrons. The van der Waals surface area contributed by atoms with Crippen molar-refractivity contribution in [3.8, 4) is 5.75 Å². The topological polar surface area (TPSA) is 84.5 Å². The van der Waals surface area contributed by atoms with Crippen LogP contribution in [0.25, 0.3) is 0 Å². The number of ether oxygens (including phenoxy) is 1. The number of amides is 1. The number of anilines is 2. The molecule has 6 nitrogen and oxygen atoms in total. The van der Waals surface area contributed by atoms with E-state index in [1.807, 2.05) is 13.8 Å². The molecule has 0 aliphatic heterocycles. The van der Waals surface area contributed by atoms with E-state index in [2.05, 4.69) is 10.0 Å². The van der Waals surface area contributed by atoms with Crippen molar-refractivity contribution < 1.29 is 17.9 Å². The summed E-state index contributed by atoms with van der Waals surface area (Å²) in [6.45, 7) is 5.59. The summed E-state index contributed by atoms with van der Waals surface area (Å²) >= 11 is 0. The molecule has 2 N–H and O–H groups in total. The quantitative estimate of drug-likeness (QED) is 0.569. The Kier molecular flexibility index (Phi) is 6.42. The zero-order chi connectivity index (χ0) is 21.7. The maximum absolute atomic E-state index is 12.8. The molecule has 0 heterocycles. The highest BCUT2D eigenvalue weighted by molar-refractivity contribution is 7.92. The van der Waals surface area contributed by atoms with Crippen molar-refractivity contribution in [2.45, 2.75) is 31.8 Å². The van der Waals surface area contributed by atoms with Crippen LogP contribution in [0.2, 0.25) is 0 Å². The Bertz CT molecular complexity index is 1130. The first kappa shape index (κ1) is 21.4. The van der Waals surface area contributed by atoms with Gasteiger partial charge in [0.05, 0.1) is 16.7 Å². The zero-order valence-electron chi connectivity index (χ0n) is 17.0. The minimum absolute atomic E-state index is 0.0653. The zero-order valence-corrected chi connectivity index (χ0v) is 17.9. The predicted molar refractivity (Wildman–Crippen MR) is 119 cm³/mol. The van der Waals surface area contributed by atoms with Crippen LogP contribution in [0.5, 0.6) is 5.75 Å². The van der Waals surface area contributed by atoms with Gasteiger partial charge in [-0.05, 0) is 74.9 Å². The summed E-state index contributed by atoms with van der Waals surface area (Å²) in [5.41, 5.74) is 1.89. The third-order valence-electron chi connectivity index (χ3n) is 4.36. The predicted octanol–water partition coefficient (Wildman–Crippen LogP) is 4.84. The number of sulfonamides is 1. The summed E-state index contributed by atoms with van der Waals surface area (Å²) in [7, 11) is -3.75. The summed E-state index contributed by atoms with van der Waals surface area (Å²) in [5.74, 6) is 0.391. The molecular weight excluding hydrogens is 400 g/mol. The number of carbonyl (C=O) groups excluding carboxylic acids is 1. The Balaban J connectivity index is 1.78. The molecule has 0 saturated carbocycles. The number of hydrogen-bond donors (Lipinski definition) is 2. The lowest BCUT2D eigenvalue weighted by Crippen LogP contribution is -2.17. The van der Waals surface area contributed by atoms with Gasteiger partial charge >= 0.3 is 0 Å². The van der Waals surface area contributed by atoms with Crippen molar-refractivity contribution in [1.29, 1.82) is 0 Å². The van der Waals surface area contributed by atoms with Gasteiger partial charge in [-0.15, -0.1) is 0 Å². The fraction of sp³-hybridized carbons (Fsp3) is 0.174. The van der Waals surface area contributed by atoms with Crippen LogP contribution in [0.1, 0.15) is 29.8 Å². The van der Waals surface area contributed by atoms with Gasteiger partial charge in [-0.2, -0.15) is 0 Å². The Morgan fingerprint density at radius 3 is 2.20 bits per heavy atom.